The van der Waals surface area contributed by atoms with E-state index in [1.807, 2.05) is 24.3 Å². The van der Waals surface area contributed by atoms with Crippen LogP contribution in [0.1, 0.15) is 16.9 Å². The summed E-state index contributed by atoms with van der Waals surface area (Å²) in [5, 5.41) is 19.4. The Morgan fingerprint density at radius 1 is 1.05 bits per heavy atom. The second kappa shape index (κ2) is 4.20. The SMILES string of the molecule is O=C(O)C1=C(C(=O)O)c2c(sc3ccccc23)CC1. The number of aliphatic carboxylic acids is 2. The number of hydrogen-bond acceptors (Lipinski definition) is 3. The normalized spacial score (nSPS) is 14.5. The van der Waals surface area contributed by atoms with Crippen LogP contribution in [0, 0.1) is 0 Å². The van der Waals surface area contributed by atoms with Gasteiger partial charge < -0.3 is 10.2 Å². The zero-order valence-electron chi connectivity index (χ0n) is 9.84. The van der Waals surface area contributed by atoms with Crippen molar-refractivity contribution in [3.05, 3.63) is 40.3 Å². The van der Waals surface area contributed by atoms with Crippen LogP contribution in [0.3, 0.4) is 0 Å². The van der Waals surface area contributed by atoms with E-state index in [2.05, 4.69) is 0 Å². The molecule has 1 heterocycles. The lowest BCUT2D eigenvalue weighted by Gasteiger charge is -2.15. The second-order valence-electron chi connectivity index (χ2n) is 4.36. The van der Waals surface area contributed by atoms with Gasteiger partial charge in [0, 0.05) is 20.5 Å². The molecule has 5 heteroatoms. The van der Waals surface area contributed by atoms with Crippen molar-refractivity contribution in [1.82, 2.24) is 0 Å². The molecule has 0 unspecified atom stereocenters. The summed E-state index contributed by atoms with van der Waals surface area (Å²) >= 11 is 1.54. The van der Waals surface area contributed by atoms with Crippen molar-refractivity contribution < 1.29 is 19.8 Å². The Morgan fingerprint density at radius 3 is 2.47 bits per heavy atom. The molecule has 0 bridgehead atoms. The summed E-state index contributed by atoms with van der Waals surface area (Å²) in [5.41, 5.74) is 0.548. The molecule has 3 rings (SSSR count). The van der Waals surface area contributed by atoms with E-state index in [0.717, 1.165) is 15.0 Å². The Hall–Kier alpha value is -2.14. The summed E-state index contributed by atoms with van der Waals surface area (Å²) in [6.07, 6.45) is 0.865. The Kier molecular flexibility index (Phi) is 2.64. The number of aryl methyl sites for hydroxylation is 1. The van der Waals surface area contributed by atoms with Crippen molar-refractivity contribution in [3.63, 3.8) is 0 Å². The van der Waals surface area contributed by atoms with Crippen LogP contribution >= 0.6 is 11.3 Å². The van der Waals surface area contributed by atoms with Crippen LogP contribution in [-0.2, 0) is 16.0 Å². The van der Waals surface area contributed by atoms with E-state index in [1.54, 1.807) is 11.3 Å². The number of thiophene rings is 1. The first-order valence-corrected chi connectivity index (χ1v) is 6.61. The van der Waals surface area contributed by atoms with Gasteiger partial charge in [0.15, 0.2) is 0 Å². The molecule has 19 heavy (non-hydrogen) atoms. The van der Waals surface area contributed by atoms with Crippen molar-refractivity contribution >= 4 is 38.9 Å². The van der Waals surface area contributed by atoms with Crippen molar-refractivity contribution in [1.29, 1.82) is 0 Å². The molecule has 96 valence electrons. The molecule has 2 N–H and O–H groups in total. The predicted octanol–water partition coefficient (Wildman–Crippen LogP) is 2.77. The number of rotatable bonds is 2. The minimum atomic E-state index is -1.16. The first-order chi connectivity index (χ1) is 9.09. The molecule has 0 saturated carbocycles. The fourth-order valence-corrected chi connectivity index (χ4v) is 3.72. The van der Waals surface area contributed by atoms with E-state index in [-0.39, 0.29) is 17.6 Å². The molecule has 4 nitrogen and oxygen atoms in total. The zero-order valence-corrected chi connectivity index (χ0v) is 10.7. The van der Waals surface area contributed by atoms with Crippen LogP contribution in [0.4, 0.5) is 0 Å². The van der Waals surface area contributed by atoms with Crippen molar-refractivity contribution in [2.45, 2.75) is 12.8 Å². The molecule has 1 aromatic heterocycles. The summed E-state index contributed by atoms with van der Waals surface area (Å²) in [4.78, 5) is 23.6. The van der Waals surface area contributed by atoms with Crippen LogP contribution in [0.15, 0.2) is 29.8 Å². The highest BCUT2D eigenvalue weighted by Crippen LogP contribution is 2.41. The van der Waals surface area contributed by atoms with Crippen molar-refractivity contribution in [3.8, 4) is 0 Å². The molecule has 0 atom stereocenters. The lowest BCUT2D eigenvalue weighted by molar-refractivity contribution is -0.134. The van der Waals surface area contributed by atoms with Gasteiger partial charge in [0.2, 0.25) is 0 Å². The van der Waals surface area contributed by atoms with Crippen LogP contribution in [-0.4, -0.2) is 22.2 Å². The van der Waals surface area contributed by atoms with E-state index in [9.17, 15) is 19.8 Å². The first kappa shape index (κ1) is 11.9. The van der Waals surface area contributed by atoms with Crippen LogP contribution < -0.4 is 0 Å². The summed E-state index contributed by atoms with van der Waals surface area (Å²) in [5.74, 6) is -2.31. The Balaban J connectivity index is 2.39. The molecular formula is C14H10O4S. The lowest BCUT2D eigenvalue weighted by Crippen LogP contribution is -2.15. The van der Waals surface area contributed by atoms with Gasteiger partial charge in [-0.3, -0.25) is 0 Å². The number of fused-ring (bicyclic) bond motifs is 3. The monoisotopic (exact) mass is 274 g/mol. The summed E-state index contributed by atoms with van der Waals surface area (Å²) in [6, 6.07) is 7.51. The maximum absolute atomic E-state index is 11.5. The third-order valence-corrected chi connectivity index (χ3v) is 4.52. The Morgan fingerprint density at radius 2 is 1.79 bits per heavy atom. The number of carbonyl (C=O) groups is 2. The van der Waals surface area contributed by atoms with E-state index in [1.165, 1.54) is 0 Å². The number of carboxylic acid groups (broad SMARTS) is 2. The van der Waals surface area contributed by atoms with Crippen LogP contribution in [0.25, 0.3) is 15.7 Å². The topological polar surface area (TPSA) is 74.6 Å². The average molecular weight is 274 g/mol. The third kappa shape index (κ3) is 1.74. The van der Waals surface area contributed by atoms with E-state index >= 15 is 0 Å². The molecule has 0 radical (unpaired) electrons. The maximum atomic E-state index is 11.5. The Labute approximate surface area is 112 Å². The molecule has 0 saturated heterocycles. The van der Waals surface area contributed by atoms with Gasteiger partial charge in [0.25, 0.3) is 0 Å². The summed E-state index contributed by atoms with van der Waals surface area (Å²) < 4.78 is 0.998. The predicted molar refractivity (Wildman–Crippen MR) is 72.3 cm³/mol. The maximum Gasteiger partial charge on any atom is 0.336 e. The summed E-state index contributed by atoms with van der Waals surface area (Å²) in [7, 11) is 0. The van der Waals surface area contributed by atoms with Gasteiger partial charge in [-0.15, -0.1) is 11.3 Å². The molecule has 0 spiro atoms. The standard InChI is InChI=1S/C14H10O4S/c15-13(16)8-5-6-10-11(12(8)14(17)18)7-3-1-2-4-9(7)19-10/h1-4H,5-6H2,(H,15,16)(H,17,18). The molecule has 1 aliphatic rings. The number of carboxylic acids is 2. The molecular weight excluding hydrogens is 264 g/mol. The molecule has 0 amide bonds. The van der Waals surface area contributed by atoms with E-state index < -0.39 is 11.9 Å². The highest BCUT2D eigenvalue weighted by Gasteiger charge is 2.30. The molecule has 1 aliphatic carbocycles. The Bertz CT molecular complexity index is 739. The molecule has 0 fully saturated rings. The highest BCUT2D eigenvalue weighted by molar-refractivity contribution is 7.19. The van der Waals surface area contributed by atoms with Gasteiger partial charge in [-0.2, -0.15) is 0 Å². The molecule has 1 aromatic carbocycles. The second-order valence-corrected chi connectivity index (χ2v) is 5.50. The van der Waals surface area contributed by atoms with Gasteiger partial charge in [0.1, 0.15) is 0 Å². The van der Waals surface area contributed by atoms with Crippen molar-refractivity contribution in [2.75, 3.05) is 0 Å². The van der Waals surface area contributed by atoms with Gasteiger partial charge >= 0.3 is 11.9 Å². The van der Waals surface area contributed by atoms with Gasteiger partial charge in [-0.1, -0.05) is 18.2 Å². The minimum absolute atomic E-state index is 0.00329. The first-order valence-electron chi connectivity index (χ1n) is 5.80. The molecule has 2 aromatic rings. The smallest absolute Gasteiger partial charge is 0.336 e. The van der Waals surface area contributed by atoms with E-state index in [4.69, 9.17) is 0 Å². The fourth-order valence-electron chi connectivity index (χ4n) is 2.51. The van der Waals surface area contributed by atoms with Crippen molar-refractivity contribution in [2.24, 2.45) is 0 Å². The average Bonchev–Trinajstić information content (AvgIpc) is 2.75. The van der Waals surface area contributed by atoms with E-state index in [0.29, 0.717) is 12.0 Å². The zero-order chi connectivity index (χ0) is 13.6. The molecule has 0 aliphatic heterocycles. The van der Waals surface area contributed by atoms with Crippen LogP contribution in [0.2, 0.25) is 0 Å². The third-order valence-electron chi connectivity index (χ3n) is 3.29. The lowest BCUT2D eigenvalue weighted by atomic mass is 9.88. The van der Waals surface area contributed by atoms with Gasteiger partial charge in [-0.05, 0) is 18.9 Å². The quantitative estimate of drug-likeness (QED) is 0.883. The van der Waals surface area contributed by atoms with Gasteiger partial charge in [-0.25, -0.2) is 9.59 Å². The highest BCUT2D eigenvalue weighted by atomic mass is 32.1. The van der Waals surface area contributed by atoms with Gasteiger partial charge in [0.05, 0.1) is 11.1 Å². The largest absolute Gasteiger partial charge is 0.478 e. The fraction of sp³-hybridized carbons (Fsp3) is 0.143. The minimum Gasteiger partial charge on any atom is -0.478 e. The van der Waals surface area contributed by atoms with Crippen LogP contribution in [0.5, 0.6) is 0 Å². The summed E-state index contributed by atoms with van der Waals surface area (Å²) in [6.45, 7) is 0. The number of benzene rings is 1. The number of hydrogen-bond donors (Lipinski definition) is 2.